The van der Waals surface area contributed by atoms with Crippen LogP contribution in [0.15, 0.2) is 45.9 Å². The molecule has 1 aliphatic heterocycles. The second-order valence-corrected chi connectivity index (χ2v) is 7.77. The number of benzene rings is 1. The van der Waals surface area contributed by atoms with Crippen molar-refractivity contribution in [3.05, 3.63) is 53.4 Å². The first-order valence-electron chi connectivity index (χ1n) is 10.4. The third-order valence-corrected chi connectivity index (χ3v) is 5.00. The van der Waals surface area contributed by atoms with Crippen molar-refractivity contribution in [3.63, 3.8) is 0 Å². The number of likely N-dealkylation sites (tertiary alicyclic amines) is 1. The number of piperidine rings is 1. The number of guanidine groups is 1. The highest BCUT2D eigenvalue weighted by molar-refractivity contribution is 14.0. The lowest BCUT2D eigenvalue weighted by molar-refractivity contribution is 0.192. The third kappa shape index (κ3) is 7.62. The minimum Gasteiger partial charge on any atom is -0.359 e. The van der Waals surface area contributed by atoms with Gasteiger partial charge in [0, 0.05) is 31.7 Å². The van der Waals surface area contributed by atoms with Crippen molar-refractivity contribution >= 4 is 29.9 Å². The van der Waals surface area contributed by atoms with E-state index in [2.05, 4.69) is 71.8 Å². The summed E-state index contributed by atoms with van der Waals surface area (Å²) < 4.78 is 5.41. The molecule has 2 N–H and O–H groups in total. The van der Waals surface area contributed by atoms with Gasteiger partial charge in [0.1, 0.15) is 6.54 Å². The highest BCUT2D eigenvalue weighted by Gasteiger charge is 2.20. The Morgan fingerprint density at radius 1 is 1.31 bits per heavy atom. The first-order chi connectivity index (χ1) is 13.6. The maximum Gasteiger partial charge on any atom is 0.191 e. The lowest BCUT2D eigenvalue weighted by atomic mass is 10.0. The summed E-state index contributed by atoms with van der Waals surface area (Å²) in [6.45, 7) is 10.8. The lowest BCUT2D eigenvalue weighted by Gasteiger charge is -2.34. The van der Waals surface area contributed by atoms with Crippen molar-refractivity contribution in [1.82, 2.24) is 20.7 Å². The number of rotatable bonds is 7. The zero-order chi connectivity index (χ0) is 19.8. The van der Waals surface area contributed by atoms with Gasteiger partial charge in [-0.2, -0.15) is 0 Å². The van der Waals surface area contributed by atoms with E-state index in [0.717, 1.165) is 50.0 Å². The Morgan fingerprint density at radius 3 is 2.79 bits per heavy atom. The summed E-state index contributed by atoms with van der Waals surface area (Å²) in [4.78, 5) is 7.22. The summed E-state index contributed by atoms with van der Waals surface area (Å²) >= 11 is 0. The van der Waals surface area contributed by atoms with Gasteiger partial charge in [-0.1, -0.05) is 49.3 Å². The molecular formula is C22H34IN5O. The van der Waals surface area contributed by atoms with Crippen molar-refractivity contribution in [1.29, 1.82) is 0 Å². The smallest absolute Gasteiger partial charge is 0.191 e. The molecule has 0 saturated carbocycles. The van der Waals surface area contributed by atoms with Gasteiger partial charge in [-0.15, -0.1) is 24.0 Å². The predicted molar refractivity (Wildman–Crippen MR) is 129 cm³/mol. The molecule has 3 rings (SSSR count). The van der Waals surface area contributed by atoms with Crippen molar-refractivity contribution < 1.29 is 4.52 Å². The van der Waals surface area contributed by atoms with E-state index in [-0.39, 0.29) is 24.0 Å². The normalized spacial score (nSPS) is 17.8. The summed E-state index contributed by atoms with van der Waals surface area (Å²) in [7, 11) is 0. The molecule has 0 aliphatic carbocycles. The topological polar surface area (TPSA) is 65.7 Å². The number of aromatic nitrogens is 1. The van der Waals surface area contributed by atoms with Crippen LogP contribution in [0.5, 0.6) is 0 Å². The van der Waals surface area contributed by atoms with Gasteiger partial charge in [0.25, 0.3) is 0 Å². The second-order valence-electron chi connectivity index (χ2n) is 7.77. The number of halogens is 1. The van der Waals surface area contributed by atoms with E-state index in [4.69, 9.17) is 9.52 Å². The van der Waals surface area contributed by atoms with Crippen LogP contribution in [0.3, 0.4) is 0 Å². The van der Waals surface area contributed by atoms with Gasteiger partial charge in [0.05, 0.1) is 5.69 Å². The Balaban J connectivity index is 0.00000300. The van der Waals surface area contributed by atoms with Crippen LogP contribution in [0, 0.1) is 0 Å². The van der Waals surface area contributed by atoms with Gasteiger partial charge in [-0.05, 0) is 37.8 Å². The van der Waals surface area contributed by atoms with Gasteiger partial charge in [0.2, 0.25) is 0 Å². The van der Waals surface area contributed by atoms with E-state index < -0.39 is 0 Å². The number of hydrogen-bond donors (Lipinski definition) is 2. The van der Waals surface area contributed by atoms with Gasteiger partial charge in [-0.25, -0.2) is 4.99 Å². The second kappa shape index (κ2) is 12.2. The van der Waals surface area contributed by atoms with E-state index in [1.54, 1.807) is 0 Å². The molecule has 0 radical (unpaired) electrons. The quantitative estimate of drug-likeness (QED) is 0.333. The SMILES string of the molecule is CCNC(=NCc1cc(C(C)C)no1)NC1CCCN(Cc2ccccc2)C1.I. The van der Waals surface area contributed by atoms with Gasteiger partial charge in [0.15, 0.2) is 11.7 Å². The monoisotopic (exact) mass is 511 g/mol. The standard InChI is InChI=1S/C22H33N5O.HI/c1-4-23-22(24-14-20-13-21(17(2)3)26-28-20)25-19-11-8-12-27(16-19)15-18-9-6-5-7-10-18;/h5-7,9-10,13,17,19H,4,8,11-12,14-16H2,1-3H3,(H2,23,24,25);1H. The fourth-order valence-corrected chi connectivity index (χ4v) is 3.50. The van der Waals surface area contributed by atoms with Crippen LogP contribution in [0.1, 0.15) is 56.5 Å². The maximum absolute atomic E-state index is 5.41. The van der Waals surface area contributed by atoms with Crippen molar-refractivity contribution in [2.45, 2.75) is 58.7 Å². The van der Waals surface area contributed by atoms with Crippen LogP contribution in [-0.4, -0.2) is 41.7 Å². The molecular weight excluding hydrogens is 477 g/mol. The minimum atomic E-state index is 0. The van der Waals surface area contributed by atoms with Crippen molar-refractivity contribution in [2.75, 3.05) is 19.6 Å². The Labute approximate surface area is 191 Å². The van der Waals surface area contributed by atoms with E-state index in [9.17, 15) is 0 Å². The van der Waals surface area contributed by atoms with Crippen LogP contribution in [0.4, 0.5) is 0 Å². The third-order valence-electron chi connectivity index (χ3n) is 5.00. The minimum absolute atomic E-state index is 0. The molecule has 0 spiro atoms. The van der Waals surface area contributed by atoms with E-state index in [0.29, 0.717) is 18.5 Å². The van der Waals surface area contributed by atoms with Crippen molar-refractivity contribution in [2.24, 2.45) is 4.99 Å². The highest BCUT2D eigenvalue weighted by atomic mass is 127. The number of hydrogen-bond acceptors (Lipinski definition) is 4. The van der Waals surface area contributed by atoms with Gasteiger partial charge in [-0.3, -0.25) is 4.90 Å². The van der Waals surface area contributed by atoms with Crippen LogP contribution < -0.4 is 10.6 Å². The summed E-state index contributed by atoms with van der Waals surface area (Å²) in [6, 6.07) is 13.1. The predicted octanol–water partition coefficient (Wildman–Crippen LogP) is 4.14. The fraction of sp³-hybridized carbons (Fsp3) is 0.545. The van der Waals surface area contributed by atoms with Crippen LogP contribution in [0.25, 0.3) is 0 Å². The first-order valence-corrected chi connectivity index (χ1v) is 10.4. The van der Waals surface area contributed by atoms with Gasteiger partial charge >= 0.3 is 0 Å². The number of aliphatic imine (C=N–C) groups is 1. The Bertz CT molecular complexity index is 747. The molecule has 1 aromatic heterocycles. The molecule has 1 saturated heterocycles. The molecule has 2 aromatic rings. The summed E-state index contributed by atoms with van der Waals surface area (Å²) in [5.74, 6) is 2.01. The molecule has 0 bridgehead atoms. The highest BCUT2D eigenvalue weighted by Crippen LogP contribution is 2.15. The zero-order valence-corrected chi connectivity index (χ0v) is 20.1. The molecule has 160 valence electrons. The average Bonchev–Trinajstić information content (AvgIpc) is 3.17. The van der Waals surface area contributed by atoms with Crippen LogP contribution >= 0.6 is 24.0 Å². The Morgan fingerprint density at radius 2 is 2.10 bits per heavy atom. The molecule has 29 heavy (non-hydrogen) atoms. The Hall–Kier alpha value is -1.61. The molecule has 7 heteroatoms. The molecule has 6 nitrogen and oxygen atoms in total. The summed E-state index contributed by atoms with van der Waals surface area (Å²) in [5.41, 5.74) is 2.35. The van der Waals surface area contributed by atoms with Crippen molar-refractivity contribution in [3.8, 4) is 0 Å². The fourth-order valence-electron chi connectivity index (χ4n) is 3.50. The molecule has 1 aliphatic rings. The molecule has 1 atom stereocenters. The van der Waals surface area contributed by atoms with E-state index in [1.807, 2.05) is 6.07 Å². The summed E-state index contributed by atoms with van der Waals surface area (Å²) in [5, 5.41) is 11.1. The molecule has 1 fully saturated rings. The summed E-state index contributed by atoms with van der Waals surface area (Å²) in [6.07, 6.45) is 2.36. The first kappa shape index (κ1) is 23.7. The van der Waals surface area contributed by atoms with E-state index >= 15 is 0 Å². The maximum atomic E-state index is 5.41. The van der Waals surface area contributed by atoms with Gasteiger partial charge < -0.3 is 15.2 Å². The Kier molecular flexibility index (Phi) is 9.93. The molecule has 0 amide bonds. The largest absolute Gasteiger partial charge is 0.359 e. The average molecular weight is 511 g/mol. The molecule has 1 aromatic carbocycles. The molecule has 2 heterocycles. The number of nitrogens with zero attached hydrogens (tertiary/aromatic N) is 3. The molecule has 1 unspecified atom stereocenters. The van der Waals surface area contributed by atoms with Crippen LogP contribution in [0.2, 0.25) is 0 Å². The van der Waals surface area contributed by atoms with E-state index in [1.165, 1.54) is 12.0 Å². The van der Waals surface area contributed by atoms with Crippen LogP contribution in [-0.2, 0) is 13.1 Å². The zero-order valence-electron chi connectivity index (χ0n) is 17.7. The lowest BCUT2D eigenvalue weighted by Crippen LogP contribution is -2.50. The number of nitrogens with one attached hydrogen (secondary N) is 2.